The molecule has 5 N–H and O–H groups in total. The zero-order valence-corrected chi connectivity index (χ0v) is 38.5. The van der Waals surface area contributed by atoms with Gasteiger partial charge in [0.25, 0.3) is 0 Å². The minimum Gasteiger partial charge on any atom is -0.459 e. The SMILES string of the molecule is CC[C@H]1OC(=O)[C@H](C)[C@@H](O[C@H]2C[C@@](C)(OC)[C@@H](O)[C@H](C)O2)[C@H](C)[C@@H](O[C@@H]2O[C@H](C)C[C@H](N(C)C)[C@H]2O)[C@@](C)(O)C[C@@H](C)CN[C@H](C)[C@@H](OC(=O)c2ccc(Cl)cc2)[C@]1(C)O. The molecule has 0 saturated carbocycles. The summed E-state index contributed by atoms with van der Waals surface area (Å²) in [6.07, 6.45) is -8.77. The Bertz CT molecular complexity index is 1550. The molecule has 1 aromatic rings. The lowest BCUT2D eigenvalue weighted by Crippen LogP contribution is -2.60. The second-order valence-corrected chi connectivity index (χ2v) is 19.0. The van der Waals surface area contributed by atoms with Crippen LogP contribution >= 0.6 is 11.6 Å². The third-order valence-electron chi connectivity index (χ3n) is 13.0. The van der Waals surface area contributed by atoms with E-state index in [1.54, 1.807) is 60.6 Å². The topological polar surface area (TPSA) is 195 Å². The molecule has 3 heterocycles. The molecule has 0 unspecified atom stereocenters. The predicted octanol–water partition coefficient (Wildman–Crippen LogP) is 4.08. The number of esters is 2. The molecule has 18 atom stereocenters. The first kappa shape index (κ1) is 50.7. The number of nitrogens with zero attached hydrogens (tertiary/aromatic N) is 1. The van der Waals surface area contributed by atoms with Crippen molar-refractivity contribution in [3.8, 4) is 0 Å². The van der Waals surface area contributed by atoms with Gasteiger partial charge in [-0.05, 0) is 119 Å². The Morgan fingerprint density at radius 3 is 2.18 bits per heavy atom. The summed E-state index contributed by atoms with van der Waals surface area (Å²) in [5, 5.41) is 51.5. The molecule has 0 aliphatic carbocycles. The quantitative estimate of drug-likeness (QED) is 0.223. The van der Waals surface area contributed by atoms with E-state index in [4.69, 9.17) is 44.8 Å². The first-order valence-corrected chi connectivity index (χ1v) is 21.8. The second kappa shape index (κ2) is 20.7. The van der Waals surface area contributed by atoms with Crippen LogP contribution in [0.5, 0.6) is 0 Å². The first-order valence-electron chi connectivity index (χ1n) is 21.4. The number of aliphatic hydroxyl groups is 4. The summed E-state index contributed by atoms with van der Waals surface area (Å²) >= 11 is 6.08. The minimum absolute atomic E-state index is 0.0992. The molecule has 344 valence electrons. The number of ether oxygens (including phenoxy) is 7. The van der Waals surface area contributed by atoms with Gasteiger partial charge in [0.2, 0.25) is 0 Å². The van der Waals surface area contributed by atoms with Crippen LogP contribution in [-0.4, -0.2) is 155 Å². The van der Waals surface area contributed by atoms with E-state index in [1.165, 1.54) is 26.2 Å². The number of methoxy groups -OCH3 is 1. The molecule has 4 rings (SSSR count). The zero-order valence-electron chi connectivity index (χ0n) is 37.8. The number of rotatable bonds is 9. The van der Waals surface area contributed by atoms with Gasteiger partial charge >= 0.3 is 11.9 Å². The molecule has 3 aliphatic rings. The van der Waals surface area contributed by atoms with E-state index in [2.05, 4.69) is 5.32 Å². The standard InChI is InChI=1S/C44H73ClN2O13/c1-14-32-44(10,53)38(59-40(51)29-15-17-30(45)18-16-29)27(6)46-22-23(2)20-42(8,52)37(60-41-34(48)31(47(11)12)19-24(3)55-41)25(4)35(26(5)39(50)57-32)58-33-21-43(9,54-13)36(49)28(7)56-33/h15-18,23-28,31-38,41,46,48-49,52-53H,14,19-22H2,1-13H3/t23-,24-,25+,26-,27-,28+,31+,32-,33+,34-,35+,36+,37-,38-,41+,42+,43-,44-/m1/s1. The maximum atomic E-state index is 14.6. The highest BCUT2D eigenvalue weighted by molar-refractivity contribution is 6.30. The number of hydrogen-bond donors (Lipinski definition) is 5. The Kier molecular flexibility index (Phi) is 17.5. The number of likely N-dealkylation sites (N-methyl/N-ethyl adjacent to an activating group) is 1. The number of carbonyl (C=O) groups is 2. The van der Waals surface area contributed by atoms with Crippen molar-refractivity contribution in [2.24, 2.45) is 17.8 Å². The van der Waals surface area contributed by atoms with Gasteiger partial charge < -0.3 is 63.8 Å². The lowest BCUT2D eigenvalue weighted by atomic mass is 9.77. The van der Waals surface area contributed by atoms with Gasteiger partial charge in [0, 0.05) is 36.6 Å². The van der Waals surface area contributed by atoms with E-state index >= 15 is 0 Å². The third-order valence-corrected chi connectivity index (χ3v) is 13.2. The fourth-order valence-electron chi connectivity index (χ4n) is 9.34. The maximum Gasteiger partial charge on any atom is 0.338 e. The highest BCUT2D eigenvalue weighted by Gasteiger charge is 2.53. The van der Waals surface area contributed by atoms with E-state index in [9.17, 15) is 30.0 Å². The number of cyclic esters (lactones) is 1. The fraction of sp³-hybridized carbons (Fsp3) is 0.818. The van der Waals surface area contributed by atoms with Crippen molar-refractivity contribution in [3.05, 3.63) is 34.9 Å². The second-order valence-electron chi connectivity index (χ2n) is 18.6. The van der Waals surface area contributed by atoms with Crippen LogP contribution in [0.15, 0.2) is 24.3 Å². The Hall–Kier alpha value is -1.99. The number of aliphatic hydroxyl groups excluding tert-OH is 2. The fourth-order valence-corrected chi connectivity index (χ4v) is 9.47. The summed E-state index contributed by atoms with van der Waals surface area (Å²) in [6.45, 7) is 17.7. The molecule has 0 aromatic heterocycles. The van der Waals surface area contributed by atoms with E-state index in [-0.39, 0.29) is 42.9 Å². The lowest BCUT2D eigenvalue weighted by molar-refractivity contribution is -0.318. The van der Waals surface area contributed by atoms with Gasteiger partial charge in [-0.25, -0.2) is 4.79 Å². The molecular formula is C44H73ClN2O13. The summed E-state index contributed by atoms with van der Waals surface area (Å²) in [7, 11) is 5.24. The molecule has 0 spiro atoms. The molecule has 0 amide bonds. The van der Waals surface area contributed by atoms with Crippen LogP contribution < -0.4 is 5.32 Å². The van der Waals surface area contributed by atoms with Crippen LogP contribution in [0.2, 0.25) is 5.02 Å². The molecule has 0 bridgehead atoms. The zero-order chi connectivity index (χ0) is 45.1. The van der Waals surface area contributed by atoms with E-state index in [1.807, 2.05) is 32.8 Å². The van der Waals surface area contributed by atoms with Crippen molar-refractivity contribution in [3.63, 3.8) is 0 Å². The van der Waals surface area contributed by atoms with Crippen molar-refractivity contribution < 1.29 is 63.2 Å². The number of halogens is 1. The molecule has 0 radical (unpaired) electrons. The Morgan fingerprint density at radius 2 is 1.60 bits per heavy atom. The van der Waals surface area contributed by atoms with Gasteiger partial charge in [0.1, 0.15) is 30.0 Å². The van der Waals surface area contributed by atoms with Crippen LogP contribution in [0.25, 0.3) is 0 Å². The lowest BCUT2D eigenvalue weighted by Gasteiger charge is -2.48. The van der Waals surface area contributed by atoms with Crippen LogP contribution in [0, 0.1) is 17.8 Å². The summed E-state index contributed by atoms with van der Waals surface area (Å²) in [5.74, 6) is -3.56. The van der Waals surface area contributed by atoms with Gasteiger partial charge in [-0.15, -0.1) is 0 Å². The third kappa shape index (κ3) is 11.8. The average molecular weight is 874 g/mol. The van der Waals surface area contributed by atoms with Crippen LogP contribution in [-0.2, 0) is 38.0 Å². The van der Waals surface area contributed by atoms with Gasteiger partial charge in [0.05, 0.1) is 47.1 Å². The smallest absolute Gasteiger partial charge is 0.338 e. The van der Waals surface area contributed by atoms with Crippen LogP contribution in [0.4, 0.5) is 0 Å². The number of benzene rings is 1. The van der Waals surface area contributed by atoms with Crippen LogP contribution in [0.3, 0.4) is 0 Å². The maximum absolute atomic E-state index is 14.6. The van der Waals surface area contributed by atoms with Crippen molar-refractivity contribution in [1.29, 1.82) is 0 Å². The van der Waals surface area contributed by atoms with Gasteiger partial charge in [0.15, 0.2) is 12.6 Å². The molecule has 15 nitrogen and oxygen atoms in total. The molecule has 3 aliphatic heterocycles. The Labute approximate surface area is 361 Å². The first-order chi connectivity index (χ1) is 27.9. The Balaban J connectivity index is 1.82. The van der Waals surface area contributed by atoms with E-state index < -0.39 is 102 Å². The van der Waals surface area contributed by atoms with Crippen molar-refractivity contribution >= 4 is 23.5 Å². The van der Waals surface area contributed by atoms with Crippen molar-refractivity contribution in [1.82, 2.24) is 10.2 Å². The van der Waals surface area contributed by atoms with Crippen molar-refractivity contribution in [2.75, 3.05) is 27.7 Å². The number of nitrogens with one attached hydrogen (secondary N) is 1. The molecule has 3 saturated heterocycles. The molecular weight excluding hydrogens is 800 g/mol. The average Bonchev–Trinajstić information content (AvgIpc) is 3.17. The molecule has 16 heteroatoms. The molecule has 1 aromatic carbocycles. The van der Waals surface area contributed by atoms with E-state index in [0.29, 0.717) is 18.0 Å². The highest BCUT2D eigenvalue weighted by atomic mass is 35.5. The number of hydrogen-bond acceptors (Lipinski definition) is 15. The van der Waals surface area contributed by atoms with Crippen LogP contribution in [0.1, 0.15) is 105 Å². The highest BCUT2D eigenvalue weighted by Crippen LogP contribution is 2.40. The normalized spacial score (nSPS) is 44.0. The van der Waals surface area contributed by atoms with Gasteiger partial charge in [-0.3, -0.25) is 4.79 Å². The van der Waals surface area contributed by atoms with Crippen molar-refractivity contribution in [2.45, 2.75) is 185 Å². The van der Waals surface area contributed by atoms with Gasteiger partial charge in [-0.2, -0.15) is 0 Å². The Morgan fingerprint density at radius 1 is 0.967 bits per heavy atom. The molecule has 60 heavy (non-hydrogen) atoms. The summed E-state index contributed by atoms with van der Waals surface area (Å²) < 4.78 is 44.0. The minimum atomic E-state index is -1.91. The monoisotopic (exact) mass is 872 g/mol. The predicted molar refractivity (Wildman–Crippen MR) is 224 cm³/mol. The molecule has 3 fully saturated rings. The van der Waals surface area contributed by atoms with Gasteiger partial charge in [-0.1, -0.05) is 32.4 Å². The summed E-state index contributed by atoms with van der Waals surface area (Å²) in [6, 6.07) is 5.21. The largest absolute Gasteiger partial charge is 0.459 e. The summed E-state index contributed by atoms with van der Waals surface area (Å²) in [5.41, 5.74) is -4.37. The summed E-state index contributed by atoms with van der Waals surface area (Å²) in [4.78, 5) is 30.1. The number of carbonyl (C=O) groups excluding carboxylic acids is 2. The van der Waals surface area contributed by atoms with E-state index in [0.717, 1.165) is 0 Å².